The van der Waals surface area contributed by atoms with Gasteiger partial charge in [-0.25, -0.2) is 0 Å². The Morgan fingerprint density at radius 2 is 1.83 bits per heavy atom. The number of nitriles is 1. The van der Waals surface area contributed by atoms with Gasteiger partial charge in [0, 0.05) is 18.2 Å². The summed E-state index contributed by atoms with van der Waals surface area (Å²) < 4.78 is 0. The van der Waals surface area contributed by atoms with E-state index in [2.05, 4.69) is 47.0 Å². The van der Waals surface area contributed by atoms with Crippen molar-refractivity contribution in [1.82, 2.24) is 5.32 Å². The number of benzene rings is 3. The molecule has 0 saturated carbocycles. The Bertz CT molecular complexity index is 1100. The minimum Gasteiger partial charge on any atom is -0.379 e. The number of nitrogens with one attached hydrogen (secondary N) is 2. The van der Waals surface area contributed by atoms with Crippen molar-refractivity contribution in [3.8, 4) is 6.07 Å². The number of hydrogen-bond donors (Lipinski definition) is 2. The summed E-state index contributed by atoms with van der Waals surface area (Å²) in [5, 5.41) is 19.3. The van der Waals surface area contributed by atoms with Gasteiger partial charge in [0.2, 0.25) is 5.91 Å². The lowest BCUT2D eigenvalue weighted by atomic mass is 9.85. The van der Waals surface area contributed by atoms with Gasteiger partial charge >= 0.3 is 0 Å². The zero-order chi connectivity index (χ0) is 20.1. The van der Waals surface area contributed by atoms with Gasteiger partial charge in [0.15, 0.2) is 0 Å². The fourth-order valence-electron chi connectivity index (χ4n) is 3.71. The van der Waals surface area contributed by atoms with Crippen LogP contribution in [0.3, 0.4) is 0 Å². The maximum Gasteiger partial charge on any atom is 0.234 e. The summed E-state index contributed by atoms with van der Waals surface area (Å²) in [6.45, 7) is 0.779. The number of carbonyl (C=O) groups is 1. The van der Waals surface area contributed by atoms with E-state index in [0.29, 0.717) is 5.57 Å². The molecule has 1 heterocycles. The third-order valence-electron chi connectivity index (χ3n) is 5.04. The van der Waals surface area contributed by atoms with Crippen molar-refractivity contribution in [3.05, 3.63) is 89.0 Å². The number of rotatable bonds is 5. The highest BCUT2D eigenvalue weighted by molar-refractivity contribution is 8.03. The zero-order valence-electron chi connectivity index (χ0n) is 15.9. The molecule has 144 valence electrons. The number of para-hydroxylation sites is 1. The van der Waals surface area contributed by atoms with Crippen molar-refractivity contribution in [3.63, 3.8) is 0 Å². The number of fused-ring (bicyclic) bond motifs is 1. The van der Waals surface area contributed by atoms with Crippen molar-refractivity contribution in [2.45, 2.75) is 12.3 Å². The molecule has 1 unspecified atom stereocenters. The number of amides is 1. The number of nitrogens with zero attached hydrogens (tertiary/aromatic N) is 1. The van der Waals surface area contributed by atoms with E-state index in [1.165, 1.54) is 28.1 Å². The van der Waals surface area contributed by atoms with Crippen LogP contribution in [0, 0.1) is 11.3 Å². The standard InChI is InChI=1S/C24H21N3OS/c25-15-22-21(20-12-6-8-17-7-4-5-11-19(17)20)13-14-26-24(22)29-16-23(28)27-18-9-2-1-3-10-18/h1-12,21,26H,13-14,16H2,(H,27,28). The second kappa shape index (κ2) is 8.85. The second-order valence-electron chi connectivity index (χ2n) is 6.89. The molecule has 0 aliphatic carbocycles. The van der Waals surface area contributed by atoms with Crippen LogP contribution in [0.5, 0.6) is 0 Å². The topological polar surface area (TPSA) is 64.9 Å². The first-order valence-electron chi connectivity index (χ1n) is 9.60. The number of anilines is 1. The van der Waals surface area contributed by atoms with Gasteiger partial charge in [-0.15, -0.1) is 0 Å². The summed E-state index contributed by atoms with van der Waals surface area (Å²) in [5.41, 5.74) is 2.66. The molecule has 1 aliphatic rings. The monoisotopic (exact) mass is 399 g/mol. The molecule has 5 heteroatoms. The van der Waals surface area contributed by atoms with Gasteiger partial charge in [0.1, 0.15) is 0 Å². The fraction of sp³-hybridized carbons (Fsp3) is 0.167. The van der Waals surface area contributed by atoms with Crippen LogP contribution in [0.25, 0.3) is 10.8 Å². The molecule has 0 radical (unpaired) electrons. The molecule has 29 heavy (non-hydrogen) atoms. The number of thioether (sulfide) groups is 1. The zero-order valence-corrected chi connectivity index (χ0v) is 16.7. The first-order chi connectivity index (χ1) is 14.3. The minimum absolute atomic E-state index is 0.0343. The number of allylic oxidation sites excluding steroid dienone is 1. The van der Waals surface area contributed by atoms with Gasteiger partial charge in [0.05, 0.1) is 22.4 Å². The molecule has 0 saturated heterocycles. The molecule has 0 bridgehead atoms. The van der Waals surface area contributed by atoms with Gasteiger partial charge in [-0.3, -0.25) is 4.79 Å². The highest BCUT2D eigenvalue weighted by Crippen LogP contribution is 2.38. The Kier molecular flexibility index (Phi) is 5.83. The average molecular weight is 400 g/mol. The Hall–Kier alpha value is -3.23. The van der Waals surface area contributed by atoms with Crippen molar-refractivity contribution in [2.24, 2.45) is 0 Å². The van der Waals surface area contributed by atoms with Crippen LogP contribution in [0.1, 0.15) is 17.9 Å². The predicted octanol–water partition coefficient (Wildman–Crippen LogP) is 5.02. The molecular formula is C24H21N3OS. The van der Waals surface area contributed by atoms with Crippen LogP contribution in [-0.4, -0.2) is 18.2 Å². The summed E-state index contributed by atoms with van der Waals surface area (Å²) in [6, 6.07) is 26.3. The second-order valence-corrected chi connectivity index (χ2v) is 7.88. The average Bonchev–Trinajstić information content (AvgIpc) is 2.77. The highest BCUT2D eigenvalue weighted by atomic mass is 32.2. The largest absolute Gasteiger partial charge is 0.379 e. The molecule has 1 aliphatic heterocycles. The normalized spacial score (nSPS) is 16.2. The van der Waals surface area contributed by atoms with Crippen molar-refractivity contribution in [2.75, 3.05) is 17.6 Å². The lowest BCUT2D eigenvalue weighted by Crippen LogP contribution is -2.26. The van der Waals surface area contributed by atoms with Crippen LogP contribution < -0.4 is 10.6 Å². The van der Waals surface area contributed by atoms with Crippen LogP contribution in [0.2, 0.25) is 0 Å². The third-order valence-corrected chi connectivity index (χ3v) is 6.10. The summed E-state index contributed by atoms with van der Waals surface area (Å²) in [7, 11) is 0. The van der Waals surface area contributed by atoms with Gasteiger partial charge in [-0.1, -0.05) is 72.4 Å². The Balaban J connectivity index is 1.55. The van der Waals surface area contributed by atoms with E-state index < -0.39 is 0 Å². The fourth-order valence-corrected chi connectivity index (χ4v) is 4.60. The quantitative estimate of drug-likeness (QED) is 0.632. The van der Waals surface area contributed by atoms with Crippen LogP contribution in [0.15, 0.2) is 83.4 Å². The smallest absolute Gasteiger partial charge is 0.234 e. The number of carbonyl (C=O) groups excluding carboxylic acids is 1. The predicted molar refractivity (Wildman–Crippen MR) is 119 cm³/mol. The third kappa shape index (κ3) is 4.28. The molecular weight excluding hydrogens is 378 g/mol. The molecule has 0 fully saturated rings. The molecule has 0 spiro atoms. The van der Waals surface area contributed by atoms with E-state index in [0.717, 1.165) is 23.7 Å². The van der Waals surface area contributed by atoms with E-state index in [9.17, 15) is 10.1 Å². The molecule has 3 aromatic carbocycles. The minimum atomic E-state index is -0.0833. The molecule has 1 atom stereocenters. The number of hydrogen-bond acceptors (Lipinski definition) is 4. The maximum absolute atomic E-state index is 12.3. The molecule has 4 rings (SSSR count). The van der Waals surface area contributed by atoms with Crippen molar-refractivity contribution in [1.29, 1.82) is 5.26 Å². The molecule has 2 N–H and O–H groups in total. The lowest BCUT2D eigenvalue weighted by Gasteiger charge is -2.27. The van der Waals surface area contributed by atoms with Crippen molar-refractivity contribution >= 4 is 34.1 Å². The van der Waals surface area contributed by atoms with Gasteiger partial charge in [0.25, 0.3) is 0 Å². The van der Waals surface area contributed by atoms with E-state index >= 15 is 0 Å². The Labute approximate surface area is 174 Å². The van der Waals surface area contributed by atoms with E-state index in [-0.39, 0.29) is 17.6 Å². The molecule has 3 aromatic rings. The Morgan fingerprint density at radius 3 is 2.66 bits per heavy atom. The van der Waals surface area contributed by atoms with Crippen LogP contribution in [-0.2, 0) is 4.79 Å². The first-order valence-corrected chi connectivity index (χ1v) is 10.6. The molecule has 0 aromatic heterocycles. The van der Waals surface area contributed by atoms with Crippen molar-refractivity contribution < 1.29 is 4.79 Å². The summed E-state index contributed by atoms with van der Waals surface area (Å²) in [6.07, 6.45) is 0.858. The van der Waals surface area contributed by atoms with Gasteiger partial charge in [-0.2, -0.15) is 5.26 Å². The maximum atomic E-state index is 12.3. The highest BCUT2D eigenvalue weighted by Gasteiger charge is 2.26. The van der Waals surface area contributed by atoms with E-state index in [4.69, 9.17) is 0 Å². The summed E-state index contributed by atoms with van der Waals surface area (Å²) >= 11 is 1.40. The molecule has 1 amide bonds. The lowest BCUT2D eigenvalue weighted by molar-refractivity contribution is -0.113. The summed E-state index contributed by atoms with van der Waals surface area (Å²) in [5.74, 6) is 0.206. The van der Waals surface area contributed by atoms with E-state index in [1.807, 2.05) is 42.5 Å². The van der Waals surface area contributed by atoms with Crippen LogP contribution >= 0.6 is 11.8 Å². The van der Waals surface area contributed by atoms with E-state index in [1.54, 1.807) is 0 Å². The SMILES string of the molecule is N#CC1=C(SCC(=O)Nc2ccccc2)NCCC1c1cccc2ccccc12. The summed E-state index contributed by atoms with van der Waals surface area (Å²) in [4.78, 5) is 12.3. The molecule has 4 nitrogen and oxygen atoms in total. The first kappa shape index (κ1) is 19.1. The van der Waals surface area contributed by atoms with Gasteiger partial charge in [-0.05, 0) is 34.9 Å². The Morgan fingerprint density at radius 1 is 1.07 bits per heavy atom. The van der Waals surface area contributed by atoms with Gasteiger partial charge < -0.3 is 10.6 Å². The van der Waals surface area contributed by atoms with Crippen LogP contribution in [0.4, 0.5) is 5.69 Å².